The number of nitro groups is 1. The number of carbonyl (C=O) groups is 1. The van der Waals surface area contributed by atoms with Gasteiger partial charge in [0.1, 0.15) is 11.7 Å². The Labute approximate surface area is 164 Å². The first-order valence-corrected chi connectivity index (χ1v) is 9.20. The van der Waals surface area contributed by atoms with Crippen LogP contribution in [0.4, 0.5) is 16.2 Å². The Kier molecular flexibility index (Phi) is 6.80. The standard InChI is InChI=1S/C19H26N4O5/c1-19(2,3)28-18(25)22(10-11-24)15-6-8-21(9-7-15)17-5-4-16(23(26)27)12-14(17)13-20/h4-5,12,15,24H,6-11H2,1-3H3. The first kappa shape index (κ1) is 21.4. The summed E-state index contributed by atoms with van der Waals surface area (Å²) in [4.78, 5) is 26.4. The Hall–Kier alpha value is -2.86. The molecule has 0 aromatic heterocycles. The van der Waals surface area contributed by atoms with Gasteiger partial charge in [0.15, 0.2) is 0 Å². The lowest BCUT2D eigenvalue weighted by Gasteiger charge is -2.39. The summed E-state index contributed by atoms with van der Waals surface area (Å²) in [6, 6.07) is 6.20. The number of nitro benzene ring substituents is 1. The molecule has 1 aliphatic rings. The zero-order valence-electron chi connectivity index (χ0n) is 16.4. The number of carbonyl (C=O) groups excluding carboxylic acids is 1. The van der Waals surface area contributed by atoms with Gasteiger partial charge in [-0.3, -0.25) is 10.1 Å². The van der Waals surface area contributed by atoms with Crippen LogP contribution < -0.4 is 4.90 Å². The van der Waals surface area contributed by atoms with E-state index < -0.39 is 16.6 Å². The molecule has 1 aliphatic heterocycles. The number of benzene rings is 1. The summed E-state index contributed by atoms with van der Waals surface area (Å²) >= 11 is 0. The van der Waals surface area contributed by atoms with Gasteiger partial charge in [0, 0.05) is 37.8 Å². The molecule has 2 rings (SSSR count). The molecule has 0 spiro atoms. The van der Waals surface area contributed by atoms with Gasteiger partial charge in [-0.25, -0.2) is 4.79 Å². The van der Waals surface area contributed by atoms with Crippen LogP contribution in [0.3, 0.4) is 0 Å². The third-order valence-electron chi connectivity index (χ3n) is 4.53. The monoisotopic (exact) mass is 390 g/mol. The van der Waals surface area contributed by atoms with Crippen LogP contribution in [0.2, 0.25) is 0 Å². The number of aliphatic hydroxyl groups excluding tert-OH is 1. The lowest BCUT2D eigenvalue weighted by Crippen LogP contribution is -2.50. The molecule has 1 heterocycles. The topological polar surface area (TPSA) is 120 Å². The highest BCUT2D eigenvalue weighted by atomic mass is 16.6. The van der Waals surface area contributed by atoms with E-state index in [-0.39, 0.29) is 30.4 Å². The maximum atomic E-state index is 12.5. The number of nitriles is 1. The zero-order chi connectivity index (χ0) is 20.9. The van der Waals surface area contributed by atoms with Crippen molar-refractivity contribution < 1.29 is 19.6 Å². The molecule has 0 unspecified atom stereocenters. The first-order chi connectivity index (χ1) is 13.2. The minimum atomic E-state index is -0.619. The van der Waals surface area contributed by atoms with Crippen molar-refractivity contribution >= 4 is 17.5 Å². The minimum absolute atomic E-state index is 0.0816. The lowest BCUT2D eigenvalue weighted by molar-refractivity contribution is -0.384. The molecule has 1 amide bonds. The van der Waals surface area contributed by atoms with Crippen LogP contribution in [0.1, 0.15) is 39.2 Å². The summed E-state index contributed by atoms with van der Waals surface area (Å²) in [6.45, 7) is 6.60. The second kappa shape index (κ2) is 8.89. The van der Waals surface area contributed by atoms with E-state index in [1.807, 2.05) is 11.0 Å². The fraction of sp³-hybridized carbons (Fsp3) is 0.579. The molecular formula is C19H26N4O5. The van der Waals surface area contributed by atoms with Crippen LogP contribution >= 0.6 is 0 Å². The molecule has 1 aromatic rings. The SMILES string of the molecule is CC(C)(C)OC(=O)N(CCO)C1CCN(c2ccc([N+](=O)[O-])cc2C#N)CC1. The second-order valence-electron chi connectivity index (χ2n) is 7.69. The van der Waals surface area contributed by atoms with Crippen LogP contribution in [-0.4, -0.2) is 58.9 Å². The second-order valence-corrected chi connectivity index (χ2v) is 7.69. The van der Waals surface area contributed by atoms with Crippen LogP contribution in [-0.2, 0) is 4.74 Å². The summed E-state index contributed by atoms with van der Waals surface area (Å²) in [5.74, 6) is 0. The van der Waals surface area contributed by atoms with Crippen molar-refractivity contribution in [3.63, 3.8) is 0 Å². The van der Waals surface area contributed by atoms with Crippen LogP contribution in [0.15, 0.2) is 18.2 Å². The molecule has 1 saturated heterocycles. The first-order valence-electron chi connectivity index (χ1n) is 9.20. The van der Waals surface area contributed by atoms with Crippen molar-refractivity contribution in [2.75, 3.05) is 31.1 Å². The van der Waals surface area contributed by atoms with Gasteiger partial charge in [-0.05, 0) is 39.7 Å². The quantitative estimate of drug-likeness (QED) is 0.606. The fourth-order valence-electron chi connectivity index (χ4n) is 3.27. The number of piperidine rings is 1. The molecule has 0 atom stereocenters. The molecule has 0 radical (unpaired) electrons. The smallest absolute Gasteiger partial charge is 0.410 e. The number of amides is 1. The predicted octanol–water partition coefficient (Wildman–Crippen LogP) is 2.66. The fourth-order valence-corrected chi connectivity index (χ4v) is 3.27. The number of hydrogen-bond donors (Lipinski definition) is 1. The highest BCUT2D eigenvalue weighted by Crippen LogP contribution is 2.29. The Morgan fingerprint density at radius 3 is 2.57 bits per heavy atom. The van der Waals surface area contributed by atoms with Crippen molar-refractivity contribution in [3.8, 4) is 6.07 Å². The van der Waals surface area contributed by atoms with Crippen molar-refractivity contribution in [1.29, 1.82) is 5.26 Å². The average Bonchev–Trinajstić information content (AvgIpc) is 2.64. The van der Waals surface area contributed by atoms with Gasteiger partial charge in [-0.2, -0.15) is 5.26 Å². The largest absolute Gasteiger partial charge is 0.444 e. The molecule has 0 aliphatic carbocycles. The molecule has 0 saturated carbocycles. The van der Waals surface area contributed by atoms with E-state index in [0.29, 0.717) is 31.6 Å². The van der Waals surface area contributed by atoms with Gasteiger partial charge in [-0.15, -0.1) is 0 Å². The summed E-state index contributed by atoms with van der Waals surface area (Å²) in [5.41, 5.74) is 0.171. The van der Waals surface area contributed by atoms with Crippen molar-refractivity contribution in [1.82, 2.24) is 4.90 Å². The molecule has 28 heavy (non-hydrogen) atoms. The van der Waals surface area contributed by atoms with Crippen LogP contribution in [0, 0.1) is 21.4 Å². The van der Waals surface area contributed by atoms with Gasteiger partial charge >= 0.3 is 6.09 Å². The van der Waals surface area contributed by atoms with E-state index in [2.05, 4.69) is 0 Å². The van der Waals surface area contributed by atoms with Crippen LogP contribution in [0.5, 0.6) is 0 Å². The van der Waals surface area contributed by atoms with Gasteiger partial charge < -0.3 is 19.6 Å². The van der Waals surface area contributed by atoms with E-state index in [1.54, 1.807) is 31.7 Å². The summed E-state index contributed by atoms with van der Waals surface area (Å²) in [5, 5.41) is 29.6. The summed E-state index contributed by atoms with van der Waals surface area (Å²) in [7, 11) is 0. The molecule has 152 valence electrons. The van der Waals surface area contributed by atoms with Gasteiger partial charge in [-0.1, -0.05) is 0 Å². The number of aliphatic hydroxyl groups is 1. The highest BCUT2D eigenvalue weighted by molar-refractivity contribution is 5.69. The summed E-state index contributed by atoms with van der Waals surface area (Å²) < 4.78 is 5.44. The average molecular weight is 390 g/mol. The summed E-state index contributed by atoms with van der Waals surface area (Å²) in [6.07, 6.45) is 0.829. The molecule has 1 aromatic carbocycles. The van der Waals surface area contributed by atoms with E-state index in [0.717, 1.165) is 0 Å². The molecule has 1 N–H and O–H groups in total. The number of hydrogen-bond acceptors (Lipinski definition) is 7. The highest BCUT2D eigenvalue weighted by Gasteiger charge is 2.31. The molecule has 0 bridgehead atoms. The molecular weight excluding hydrogens is 364 g/mol. The number of non-ortho nitro benzene ring substituents is 1. The van der Waals surface area contributed by atoms with E-state index >= 15 is 0 Å². The Morgan fingerprint density at radius 1 is 1.43 bits per heavy atom. The lowest BCUT2D eigenvalue weighted by atomic mass is 10.0. The minimum Gasteiger partial charge on any atom is -0.444 e. The number of rotatable bonds is 5. The molecule has 9 nitrogen and oxygen atoms in total. The number of anilines is 1. The number of nitrogens with zero attached hydrogens (tertiary/aromatic N) is 4. The van der Waals surface area contributed by atoms with E-state index in [4.69, 9.17) is 4.74 Å². The molecule has 1 fully saturated rings. The zero-order valence-corrected chi connectivity index (χ0v) is 16.4. The van der Waals surface area contributed by atoms with Gasteiger partial charge in [0.2, 0.25) is 0 Å². The van der Waals surface area contributed by atoms with Crippen molar-refractivity contribution in [2.45, 2.75) is 45.3 Å². The maximum Gasteiger partial charge on any atom is 0.410 e. The third kappa shape index (κ3) is 5.33. The van der Waals surface area contributed by atoms with Gasteiger partial charge in [0.05, 0.1) is 22.8 Å². The maximum absolute atomic E-state index is 12.5. The van der Waals surface area contributed by atoms with Crippen molar-refractivity contribution in [3.05, 3.63) is 33.9 Å². The Morgan fingerprint density at radius 2 is 2.07 bits per heavy atom. The predicted molar refractivity (Wildman–Crippen MR) is 103 cm³/mol. The number of ether oxygens (including phenoxy) is 1. The Balaban J connectivity index is 2.09. The van der Waals surface area contributed by atoms with E-state index in [9.17, 15) is 25.3 Å². The van der Waals surface area contributed by atoms with Crippen molar-refractivity contribution in [2.24, 2.45) is 0 Å². The van der Waals surface area contributed by atoms with Gasteiger partial charge in [0.25, 0.3) is 5.69 Å². The Bertz CT molecular complexity index is 761. The van der Waals surface area contributed by atoms with Crippen LogP contribution in [0.25, 0.3) is 0 Å². The molecule has 9 heteroatoms. The van der Waals surface area contributed by atoms with E-state index in [1.165, 1.54) is 12.1 Å². The normalized spacial score (nSPS) is 15.0. The third-order valence-corrected chi connectivity index (χ3v) is 4.53.